The van der Waals surface area contributed by atoms with E-state index < -0.39 is 10.0 Å². The Morgan fingerprint density at radius 3 is 2.66 bits per heavy atom. The van der Waals surface area contributed by atoms with E-state index >= 15 is 0 Å². The molecule has 0 spiro atoms. The number of aryl methyl sites for hydroxylation is 1. The van der Waals surface area contributed by atoms with Gasteiger partial charge in [-0.3, -0.25) is 4.79 Å². The van der Waals surface area contributed by atoms with Crippen LogP contribution in [0.1, 0.15) is 11.1 Å². The van der Waals surface area contributed by atoms with E-state index in [1.807, 2.05) is 19.1 Å². The first-order chi connectivity index (χ1) is 13.9. The molecule has 1 aliphatic heterocycles. The second-order valence-corrected chi connectivity index (χ2v) is 9.38. The predicted octanol–water partition coefficient (Wildman–Crippen LogP) is 2.47. The van der Waals surface area contributed by atoms with Crippen LogP contribution in [-0.2, 0) is 26.1 Å². The number of sulfonamides is 1. The fourth-order valence-electron chi connectivity index (χ4n) is 2.94. The first-order valence-electron chi connectivity index (χ1n) is 9.19. The van der Waals surface area contributed by atoms with E-state index in [0.29, 0.717) is 37.6 Å². The minimum absolute atomic E-state index is 0.0943. The van der Waals surface area contributed by atoms with Gasteiger partial charge in [0.15, 0.2) is 6.61 Å². The second kappa shape index (κ2) is 9.71. The van der Waals surface area contributed by atoms with Crippen LogP contribution in [0.5, 0.6) is 5.75 Å². The van der Waals surface area contributed by atoms with Crippen molar-refractivity contribution < 1.29 is 22.7 Å². The zero-order valence-electron chi connectivity index (χ0n) is 16.1. The molecule has 1 aliphatic rings. The van der Waals surface area contributed by atoms with E-state index in [4.69, 9.17) is 9.47 Å². The number of ether oxygens (including phenoxy) is 2. The average molecular weight is 483 g/mol. The highest BCUT2D eigenvalue weighted by atomic mass is 79.9. The molecule has 1 heterocycles. The number of carbonyl (C=O) groups excluding carboxylic acids is 1. The third-order valence-corrected chi connectivity index (χ3v) is 7.10. The molecule has 29 heavy (non-hydrogen) atoms. The molecule has 3 rings (SSSR count). The first-order valence-corrected chi connectivity index (χ1v) is 11.4. The molecule has 0 aromatic heterocycles. The molecule has 0 atom stereocenters. The van der Waals surface area contributed by atoms with Crippen LogP contribution in [0, 0.1) is 6.92 Å². The van der Waals surface area contributed by atoms with Crippen molar-refractivity contribution in [2.75, 3.05) is 32.9 Å². The van der Waals surface area contributed by atoms with Crippen LogP contribution in [0.2, 0.25) is 0 Å². The smallest absolute Gasteiger partial charge is 0.258 e. The molecular formula is C20H23BrN2O5S. The summed E-state index contributed by atoms with van der Waals surface area (Å²) in [5.74, 6) is 0.233. The highest BCUT2D eigenvalue weighted by molar-refractivity contribution is 9.10. The van der Waals surface area contributed by atoms with Crippen LogP contribution >= 0.6 is 15.9 Å². The number of hydrogen-bond acceptors (Lipinski definition) is 5. The Labute approximate surface area is 179 Å². The zero-order chi connectivity index (χ0) is 20.9. The lowest BCUT2D eigenvalue weighted by atomic mass is 10.2. The van der Waals surface area contributed by atoms with E-state index in [1.54, 1.807) is 30.3 Å². The molecule has 1 amide bonds. The monoisotopic (exact) mass is 482 g/mol. The number of morpholine rings is 1. The van der Waals surface area contributed by atoms with Crippen molar-refractivity contribution in [3.05, 3.63) is 58.1 Å². The maximum absolute atomic E-state index is 13.0. The van der Waals surface area contributed by atoms with Crippen molar-refractivity contribution in [1.82, 2.24) is 9.62 Å². The summed E-state index contributed by atoms with van der Waals surface area (Å²) in [6.45, 7) is 3.29. The summed E-state index contributed by atoms with van der Waals surface area (Å²) in [6, 6.07) is 12.3. The molecule has 1 saturated heterocycles. The maximum Gasteiger partial charge on any atom is 0.258 e. The highest BCUT2D eigenvalue weighted by Crippen LogP contribution is 2.25. The van der Waals surface area contributed by atoms with Gasteiger partial charge in [-0.25, -0.2) is 8.42 Å². The number of halogens is 1. The van der Waals surface area contributed by atoms with Crippen LogP contribution in [-0.4, -0.2) is 51.5 Å². The van der Waals surface area contributed by atoms with Crippen LogP contribution in [0.25, 0.3) is 0 Å². The number of amides is 1. The van der Waals surface area contributed by atoms with Crippen molar-refractivity contribution in [2.45, 2.75) is 18.4 Å². The van der Waals surface area contributed by atoms with Crippen molar-refractivity contribution in [2.24, 2.45) is 0 Å². The molecule has 1 N–H and O–H groups in total. The summed E-state index contributed by atoms with van der Waals surface area (Å²) in [5, 5.41) is 2.73. The van der Waals surface area contributed by atoms with E-state index in [2.05, 4.69) is 21.2 Å². The molecule has 0 saturated carbocycles. The summed E-state index contributed by atoms with van der Waals surface area (Å²) in [4.78, 5) is 12.4. The lowest BCUT2D eigenvalue weighted by molar-refractivity contribution is -0.123. The van der Waals surface area contributed by atoms with Gasteiger partial charge < -0.3 is 14.8 Å². The lowest BCUT2D eigenvalue weighted by Crippen LogP contribution is -2.41. The molecule has 2 aromatic rings. The van der Waals surface area contributed by atoms with Crippen LogP contribution < -0.4 is 10.1 Å². The van der Waals surface area contributed by atoms with Crippen molar-refractivity contribution in [3.63, 3.8) is 0 Å². The number of rotatable bonds is 7. The molecule has 0 radical (unpaired) electrons. The predicted molar refractivity (Wildman–Crippen MR) is 112 cm³/mol. The Kier molecular flexibility index (Phi) is 7.28. The summed E-state index contributed by atoms with van der Waals surface area (Å²) in [6.07, 6.45) is 0. The quantitative estimate of drug-likeness (QED) is 0.654. The minimum Gasteiger partial charge on any atom is -0.483 e. The van der Waals surface area contributed by atoms with Gasteiger partial charge in [0.2, 0.25) is 10.0 Å². The first kappa shape index (κ1) is 21.8. The van der Waals surface area contributed by atoms with Gasteiger partial charge >= 0.3 is 0 Å². The number of hydrogen-bond donors (Lipinski definition) is 1. The van der Waals surface area contributed by atoms with Gasteiger partial charge in [0, 0.05) is 19.6 Å². The second-order valence-electron chi connectivity index (χ2n) is 6.62. The maximum atomic E-state index is 13.0. The molecule has 0 aliphatic carbocycles. The average Bonchev–Trinajstić information content (AvgIpc) is 2.72. The summed E-state index contributed by atoms with van der Waals surface area (Å²) in [5.41, 5.74) is 1.61. The van der Waals surface area contributed by atoms with Gasteiger partial charge in [-0.2, -0.15) is 4.31 Å². The topological polar surface area (TPSA) is 84.9 Å². The van der Waals surface area contributed by atoms with Gasteiger partial charge in [0.1, 0.15) is 5.75 Å². The van der Waals surface area contributed by atoms with Gasteiger partial charge in [-0.15, -0.1) is 0 Å². The highest BCUT2D eigenvalue weighted by Gasteiger charge is 2.28. The number of benzene rings is 2. The Morgan fingerprint density at radius 1 is 1.21 bits per heavy atom. The van der Waals surface area contributed by atoms with Crippen molar-refractivity contribution >= 4 is 31.9 Å². The van der Waals surface area contributed by atoms with Crippen LogP contribution in [0.15, 0.2) is 51.8 Å². The molecule has 2 aromatic carbocycles. The summed E-state index contributed by atoms with van der Waals surface area (Å²) >= 11 is 3.41. The minimum atomic E-state index is -3.64. The van der Waals surface area contributed by atoms with E-state index in [-0.39, 0.29) is 24.0 Å². The number of carbonyl (C=O) groups is 1. The lowest BCUT2D eigenvalue weighted by Gasteiger charge is -2.27. The van der Waals surface area contributed by atoms with E-state index in [9.17, 15) is 13.2 Å². The molecule has 0 unspecified atom stereocenters. The summed E-state index contributed by atoms with van der Waals surface area (Å²) in [7, 11) is -3.64. The van der Waals surface area contributed by atoms with Gasteiger partial charge in [-0.1, -0.05) is 24.3 Å². The summed E-state index contributed by atoms with van der Waals surface area (Å²) < 4.78 is 38.9. The van der Waals surface area contributed by atoms with Crippen LogP contribution in [0.4, 0.5) is 0 Å². The van der Waals surface area contributed by atoms with Crippen molar-refractivity contribution in [1.29, 1.82) is 0 Å². The fraction of sp³-hybridized carbons (Fsp3) is 0.350. The standard InChI is InChI=1S/C20H23BrN2O5S/c1-15-6-7-18(17(21)12-15)28-14-20(24)22-13-16-4-2-3-5-19(16)29(25,26)23-8-10-27-11-9-23/h2-7,12H,8-11,13-14H2,1H3,(H,22,24). The molecular weight excluding hydrogens is 460 g/mol. The largest absolute Gasteiger partial charge is 0.483 e. The third kappa shape index (κ3) is 5.57. The number of nitrogens with one attached hydrogen (secondary N) is 1. The van der Waals surface area contributed by atoms with Gasteiger partial charge in [-0.05, 0) is 52.2 Å². The molecule has 9 heteroatoms. The Balaban J connectivity index is 1.62. The Morgan fingerprint density at radius 2 is 1.93 bits per heavy atom. The van der Waals surface area contributed by atoms with E-state index in [1.165, 1.54) is 4.31 Å². The fourth-order valence-corrected chi connectivity index (χ4v) is 5.18. The molecule has 0 bridgehead atoms. The number of nitrogens with zero attached hydrogens (tertiary/aromatic N) is 1. The van der Waals surface area contributed by atoms with Crippen molar-refractivity contribution in [3.8, 4) is 5.75 Å². The third-order valence-electron chi connectivity index (χ3n) is 4.48. The normalized spacial score (nSPS) is 15.1. The molecule has 1 fully saturated rings. The Bertz CT molecular complexity index is 975. The molecule has 156 valence electrons. The van der Waals surface area contributed by atoms with Crippen LogP contribution in [0.3, 0.4) is 0 Å². The molecule has 7 nitrogen and oxygen atoms in total. The zero-order valence-corrected chi connectivity index (χ0v) is 18.5. The van der Waals surface area contributed by atoms with E-state index in [0.717, 1.165) is 10.0 Å². The van der Waals surface area contributed by atoms with Gasteiger partial charge in [0.05, 0.1) is 22.6 Å². The SMILES string of the molecule is Cc1ccc(OCC(=O)NCc2ccccc2S(=O)(=O)N2CCOCC2)c(Br)c1. The Hall–Kier alpha value is -1.94. The van der Waals surface area contributed by atoms with Gasteiger partial charge in [0.25, 0.3) is 5.91 Å².